The Labute approximate surface area is 162 Å². The van der Waals surface area contributed by atoms with Gasteiger partial charge in [-0.25, -0.2) is 0 Å². The largest absolute Gasteiger partial charge is 0.495 e. The lowest BCUT2D eigenvalue weighted by molar-refractivity contribution is -0.114. The molecule has 27 heavy (non-hydrogen) atoms. The fourth-order valence-corrected chi connectivity index (χ4v) is 2.69. The summed E-state index contributed by atoms with van der Waals surface area (Å²) in [7, 11) is 1.58. The van der Waals surface area contributed by atoms with Gasteiger partial charge >= 0.3 is 0 Å². The number of hydrogen-bond acceptors (Lipinski definition) is 4. The van der Waals surface area contributed by atoms with E-state index in [0.717, 1.165) is 24.5 Å². The van der Waals surface area contributed by atoms with E-state index in [-0.39, 0.29) is 12.5 Å². The molecule has 2 aromatic rings. The monoisotopic (exact) mass is 370 g/mol. The molecule has 2 rings (SSSR count). The Bertz CT molecular complexity index is 686. The lowest BCUT2D eigenvalue weighted by Gasteiger charge is -2.11. The Morgan fingerprint density at radius 3 is 2.44 bits per heavy atom. The van der Waals surface area contributed by atoms with E-state index in [1.807, 2.05) is 48.5 Å². The number of carbonyl (C=O) groups excluding carboxylic acids is 1. The molecule has 1 amide bonds. The highest BCUT2D eigenvalue weighted by Crippen LogP contribution is 2.23. The van der Waals surface area contributed by atoms with Gasteiger partial charge in [0.15, 0.2) is 0 Å². The van der Waals surface area contributed by atoms with Crippen molar-refractivity contribution in [3.63, 3.8) is 0 Å². The van der Waals surface area contributed by atoms with Crippen LogP contribution in [-0.2, 0) is 4.79 Å². The van der Waals surface area contributed by atoms with E-state index in [2.05, 4.69) is 17.6 Å². The molecule has 0 heterocycles. The molecule has 0 bridgehead atoms. The van der Waals surface area contributed by atoms with E-state index in [0.29, 0.717) is 11.4 Å². The summed E-state index contributed by atoms with van der Waals surface area (Å²) in [6.45, 7) is 3.14. The minimum absolute atomic E-state index is 0.132. The maximum atomic E-state index is 12.1. The summed E-state index contributed by atoms with van der Waals surface area (Å²) in [5.41, 5.74) is 1.54. The van der Waals surface area contributed by atoms with Crippen LogP contribution in [0.15, 0.2) is 48.5 Å². The topological polar surface area (TPSA) is 59.6 Å². The Morgan fingerprint density at radius 2 is 1.70 bits per heavy atom. The average Bonchev–Trinajstić information content (AvgIpc) is 2.70. The summed E-state index contributed by atoms with van der Waals surface area (Å²) in [6.07, 6.45) is 6.13. The third kappa shape index (κ3) is 7.60. The van der Waals surface area contributed by atoms with Crippen molar-refractivity contribution in [2.75, 3.05) is 30.9 Å². The van der Waals surface area contributed by atoms with Crippen molar-refractivity contribution < 1.29 is 14.3 Å². The predicted octanol–water partition coefficient (Wildman–Crippen LogP) is 5.10. The van der Waals surface area contributed by atoms with Crippen LogP contribution in [0.4, 0.5) is 11.4 Å². The number of para-hydroxylation sites is 2. The molecule has 0 spiro atoms. The highest BCUT2D eigenvalue weighted by Gasteiger charge is 2.06. The number of unbranched alkanes of at least 4 members (excludes halogenated alkanes) is 4. The summed E-state index contributed by atoms with van der Waals surface area (Å²) in [5, 5.41) is 5.95. The zero-order valence-corrected chi connectivity index (χ0v) is 16.3. The van der Waals surface area contributed by atoms with Gasteiger partial charge in [0.25, 0.3) is 0 Å². The molecule has 0 aromatic heterocycles. The van der Waals surface area contributed by atoms with E-state index in [1.165, 1.54) is 25.7 Å². The van der Waals surface area contributed by atoms with Crippen LogP contribution >= 0.6 is 0 Å². The SMILES string of the molecule is CCCCCCCOc1ccc(NCC(=O)Nc2ccccc2OC)cc1. The average molecular weight is 370 g/mol. The molecular formula is C22H30N2O3. The third-order valence-corrected chi connectivity index (χ3v) is 4.21. The minimum atomic E-state index is -0.132. The summed E-state index contributed by atoms with van der Waals surface area (Å²) >= 11 is 0. The molecule has 5 heteroatoms. The summed E-state index contributed by atoms with van der Waals surface area (Å²) in [5.74, 6) is 1.36. The first kappa shape index (κ1) is 20.6. The molecule has 0 aliphatic carbocycles. The van der Waals surface area contributed by atoms with Crippen LogP contribution in [0.2, 0.25) is 0 Å². The molecular weight excluding hydrogens is 340 g/mol. The van der Waals surface area contributed by atoms with E-state index in [4.69, 9.17) is 9.47 Å². The van der Waals surface area contributed by atoms with Crippen molar-refractivity contribution in [2.24, 2.45) is 0 Å². The van der Waals surface area contributed by atoms with Crippen LogP contribution in [-0.4, -0.2) is 26.2 Å². The van der Waals surface area contributed by atoms with Gasteiger partial charge in [0.2, 0.25) is 5.91 Å². The van der Waals surface area contributed by atoms with Gasteiger partial charge in [0.05, 0.1) is 25.9 Å². The van der Waals surface area contributed by atoms with Crippen LogP contribution in [0, 0.1) is 0 Å². The van der Waals surface area contributed by atoms with Crippen molar-refractivity contribution >= 4 is 17.3 Å². The maximum Gasteiger partial charge on any atom is 0.243 e. The van der Waals surface area contributed by atoms with Gasteiger partial charge in [-0.3, -0.25) is 4.79 Å². The predicted molar refractivity (Wildman–Crippen MR) is 111 cm³/mol. The zero-order chi connectivity index (χ0) is 19.3. The fourth-order valence-electron chi connectivity index (χ4n) is 2.69. The minimum Gasteiger partial charge on any atom is -0.495 e. The molecule has 5 nitrogen and oxygen atoms in total. The van der Waals surface area contributed by atoms with Gasteiger partial charge in [0.1, 0.15) is 11.5 Å². The van der Waals surface area contributed by atoms with Crippen molar-refractivity contribution in [1.82, 2.24) is 0 Å². The maximum absolute atomic E-state index is 12.1. The molecule has 0 aliphatic rings. The van der Waals surface area contributed by atoms with E-state index in [9.17, 15) is 4.79 Å². The molecule has 0 fully saturated rings. The first-order chi connectivity index (χ1) is 13.2. The fraction of sp³-hybridized carbons (Fsp3) is 0.409. The van der Waals surface area contributed by atoms with E-state index >= 15 is 0 Å². The molecule has 0 radical (unpaired) electrons. The highest BCUT2D eigenvalue weighted by atomic mass is 16.5. The van der Waals surface area contributed by atoms with Crippen LogP contribution in [0.1, 0.15) is 39.0 Å². The number of rotatable bonds is 12. The van der Waals surface area contributed by atoms with Gasteiger partial charge in [-0.05, 0) is 42.8 Å². The first-order valence-corrected chi connectivity index (χ1v) is 9.62. The second-order valence-corrected chi connectivity index (χ2v) is 6.39. The van der Waals surface area contributed by atoms with Crippen molar-refractivity contribution in [3.8, 4) is 11.5 Å². The van der Waals surface area contributed by atoms with Gasteiger partial charge in [0, 0.05) is 5.69 Å². The molecule has 146 valence electrons. The number of amides is 1. The lowest BCUT2D eigenvalue weighted by atomic mass is 10.2. The molecule has 0 atom stereocenters. The molecule has 0 aliphatic heterocycles. The molecule has 2 N–H and O–H groups in total. The molecule has 0 saturated carbocycles. The Morgan fingerprint density at radius 1 is 0.963 bits per heavy atom. The quantitative estimate of drug-likeness (QED) is 0.511. The van der Waals surface area contributed by atoms with Gasteiger partial charge < -0.3 is 20.1 Å². The number of anilines is 2. The van der Waals surface area contributed by atoms with Crippen molar-refractivity contribution in [3.05, 3.63) is 48.5 Å². The smallest absolute Gasteiger partial charge is 0.243 e. The van der Waals surface area contributed by atoms with Crippen LogP contribution in [0.5, 0.6) is 11.5 Å². The van der Waals surface area contributed by atoms with Crippen LogP contribution in [0.3, 0.4) is 0 Å². The lowest BCUT2D eigenvalue weighted by Crippen LogP contribution is -2.22. The number of benzene rings is 2. The van der Waals surface area contributed by atoms with E-state index in [1.54, 1.807) is 7.11 Å². The number of ether oxygens (including phenoxy) is 2. The second-order valence-electron chi connectivity index (χ2n) is 6.39. The zero-order valence-electron chi connectivity index (χ0n) is 16.3. The summed E-state index contributed by atoms with van der Waals surface area (Å²) < 4.78 is 11.0. The van der Waals surface area contributed by atoms with Crippen LogP contribution in [0.25, 0.3) is 0 Å². The van der Waals surface area contributed by atoms with Gasteiger partial charge in [-0.2, -0.15) is 0 Å². The van der Waals surface area contributed by atoms with Crippen molar-refractivity contribution in [2.45, 2.75) is 39.0 Å². The Hall–Kier alpha value is -2.69. The summed E-state index contributed by atoms with van der Waals surface area (Å²) in [4.78, 5) is 12.1. The van der Waals surface area contributed by atoms with E-state index < -0.39 is 0 Å². The molecule has 2 aromatic carbocycles. The Balaban J connectivity index is 1.70. The highest BCUT2D eigenvalue weighted by molar-refractivity contribution is 5.95. The van der Waals surface area contributed by atoms with Gasteiger partial charge in [-0.1, -0.05) is 44.7 Å². The first-order valence-electron chi connectivity index (χ1n) is 9.62. The van der Waals surface area contributed by atoms with Gasteiger partial charge in [-0.15, -0.1) is 0 Å². The molecule has 0 saturated heterocycles. The molecule has 0 unspecified atom stereocenters. The normalized spacial score (nSPS) is 10.3. The number of nitrogens with one attached hydrogen (secondary N) is 2. The van der Waals surface area contributed by atoms with Crippen molar-refractivity contribution in [1.29, 1.82) is 0 Å². The Kier molecular flexibility index (Phi) is 9.04. The second kappa shape index (κ2) is 11.8. The number of methoxy groups -OCH3 is 1. The summed E-state index contributed by atoms with van der Waals surface area (Å²) in [6, 6.07) is 15.0. The van der Waals surface area contributed by atoms with Crippen LogP contribution < -0.4 is 20.1 Å². The standard InChI is InChI=1S/C22H30N2O3/c1-3-4-5-6-9-16-27-19-14-12-18(13-15-19)23-17-22(25)24-20-10-7-8-11-21(20)26-2/h7-8,10-15,23H,3-6,9,16-17H2,1-2H3,(H,24,25). The number of carbonyl (C=O) groups is 1. The number of hydrogen-bond donors (Lipinski definition) is 2. The third-order valence-electron chi connectivity index (χ3n) is 4.21.